The maximum Gasteiger partial charge on any atom is 0.0531 e. The highest BCUT2D eigenvalue weighted by Gasteiger charge is 2.25. The van der Waals surface area contributed by atoms with E-state index in [1.807, 2.05) is 0 Å². The first-order chi connectivity index (χ1) is 7.18. The molecule has 0 radical (unpaired) electrons. The van der Waals surface area contributed by atoms with Crippen molar-refractivity contribution in [3.63, 3.8) is 0 Å². The van der Waals surface area contributed by atoms with E-state index in [0.29, 0.717) is 0 Å². The summed E-state index contributed by atoms with van der Waals surface area (Å²) >= 11 is 0. The molecule has 1 aromatic carbocycles. The molecule has 0 fully saturated rings. The molecule has 1 atom stereocenters. The highest BCUT2D eigenvalue weighted by atomic mass is 15.0. The molecular weight excluding hydrogens is 182 g/mol. The predicted molar refractivity (Wildman–Crippen MR) is 67.0 cm³/mol. The lowest BCUT2D eigenvalue weighted by Crippen LogP contribution is -2.34. The van der Waals surface area contributed by atoms with Gasteiger partial charge in [-0.2, -0.15) is 0 Å². The van der Waals surface area contributed by atoms with Gasteiger partial charge >= 0.3 is 0 Å². The van der Waals surface area contributed by atoms with E-state index in [4.69, 9.17) is 0 Å². The second kappa shape index (κ2) is 3.73. The number of benzene rings is 1. The summed E-state index contributed by atoms with van der Waals surface area (Å²) in [6.07, 6.45) is 4.61. The fraction of sp³-hybridized carbons (Fsp3) is 0.429. The molecule has 0 saturated heterocycles. The minimum Gasteiger partial charge on any atom is -0.376 e. The summed E-state index contributed by atoms with van der Waals surface area (Å²) in [5.41, 5.74) is 4.24. The Kier molecular flexibility index (Phi) is 2.56. The van der Waals surface area contributed by atoms with Crippen molar-refractivity contribution in [1.29, 1.82) is 0 Å². The summed E-state index contributed by atoms with van der Waals surface area (Å²) in [7, 11) is 0. The van der Waals surface area contributed by atoms with Crippen molar-refractivity contribution in [2.24, 2.45) is 0 Å². The van der Waals surface area contributed by atoms with Gasteiger partial charge in [0.2, 0.25) is 0 Å². The number of para-hydroxylation sites is 1. The summed E-state index contributed by atoms with van der Waals surface area (Å²) in [4.78, 5) is 0. The van der Waals surface area contributed by atoms with Crippen molar-refractivity contribution in [3.8, 4) is 0 Å². The molecular formula is C14H19N. The highest BCUT2D eigenvalue weighted by molar-refractivity contribution is 5.80. The number of allylic oxidation sites excluding steroid dienone is 1. The molecule has 0 amide bonds. The number of hydrogen-bond acceptors (Lipinski definition) is 1. The first-order valence-electron chi connectivity index (χ1n) is 5.78. The third-order valence-electron chi connectivity index (χ3n) is 3.30. The molecule has 1 aliphatic heterocycles. The zero-order valence-corrected chi connectivity index (χ0v) is 9.80. The van der Waals surface area contributed by atoms with Gasteiger partial charge < -0.3 is 5.32 Å². The maximum absolute atomic E-state index is 3.61. The van der Waals surface area contributed by atoms with Gasteiger partial charge in [-0.05, 0) is 31.4 Å². The molecule has 0 saturated carbocycles. The number of nitrogens with one attached hydrogen (secondary N) is 1. The number of fused-ring (bicyclic) bond motifs is 1. The molecule has 0 bridgehead atoms. The van der Waals surface area contributed by atoms with Crippen molar-refractivity contribution >= 4 is 11.3 Å². The van der Waals surface area contributed by atoms with E-state index in [0.717, 1.165) is 12.8 Å². The first kappa shape index (κ1) is 10.3. The Balaban J connectivity index is 2.50. The third kappa shape index (κ3) is 1.79. The van der Waals surface area contributed by atoms with Crippen LogP contribution in [0.2, 0.25) is 0 Å². The zero-order chi connectivity index (χ0) is 10.9. The van der Waals surface area contributed by atoms with Gasteiger partial charge in [0.1, 0.15) is 0 Å². The molecule has 1 aromatic rings. The minimum absolute atomic E-state index is 0.125. The Hall–Kier alpha value is -1.24. The summed E-state index contributed by atoms with van der Waals surface area (Å²) in [6, 6.07) is 8.58. The SMILES string of the molecule is CCC1=CC(C)(CC)Nc2ccccc21. The maximum atomic E-state index is 3.61. The average Bonchev–Trinajstić information content (AvgIpc) is 2.28. The van der Waals surface area contributed by atoms with Gasteiger partial charge in [0, 0.05) is 11.3 Å². The molecule has 0 spiro atoms. The standard InChI is InChI=1S/C14H19N/c1-4-11-10-14(3,5-2)15-13-9-7-6-8-12(11)13/h6-10,15H,4-5H2,1-3H3. The van der Waals surface area contributed by atoms with Gasteiger partial charge in [-0.1, -0.05) is 38.1 Å². The lowest BCUT2D eigenvalue weighted by Gasteiger charge is -2.34. The minimum atomic E-state index is 0.125. The van der Waals surface area contributed by atoms with Crippen molar-refractivity contribution < 1.29 is 0 Å². The fourth-order valence-corrected chi connectivity index (χ4v) is 2.16. The monoisotopic (exact) mass is 201 g/mol. The Morgan fingerprint density at radius 3 is 2.60 bits per heavy atom. The van der Waals surface area contributed by atoms with Gasteiger partial charge in [0.05, 0.1) is 5.54 Å². The molecule has 1 nitrogen and oxygen atoms in total. The van der Waals surface area contributed by atoms with Gasteiger partial charge in [-0.25, -0.2) is 0 Å². The quantitative estimate of drug-likeness (QED) is 0.760. The molecule has 1 aliphatic rings. The molecule has 2 rings (SSSR count). The largest absolute Gasteiger partial charge is 0.376 e. The van der Waals surface area contributed by atoms with Crippen LogP contribution < -0.4 is 5.32 Å². The zero-order valence-electron chi connectivity index (χ0n) is 9.80. The van der Waals surface area contributed by atoms with Crippen LogP contribution in [0.15, 0.2) is 30.3 Å². The van der Waals surface area contributed by atoms with E-state index in [2.05, 4.69) is 56.4 Å². The second-order valence-electron chi connectivity index (χ2n) is 4.46. The van der Waals surface area contributed by atoms with E-state index in [-0.39, 0.29) is 5.54 Å². The van der Waals surface area contributed by atoms with E-state index in [1.165, 1.54) is 16.8 Å². The van der Waals surface area contributed by atoms with Crippen LogP contribution in [0, 0.1) is 0 Å². The Morgan fingerprint density at radius 2 is 1.93 bits per heavy atom. The van der Waals surface area contributed by atoms with Crippen LogP contribution in [0.4, 0.5) is 5.69 Å². The molecule has 1 unspecified atom stereocenters. The van der Waals surface area contributed by atoms with Crippen molar-refractivity contribution in [2.45, 2.75) is 39.2 Å². The number of rotatable bonds is 2. The molecule has 1 N–H and O–H groups in total. The van der Waals surface area contributed by atoms with Crippen LogP contribution in [0.5, 0.6) is 0 Å². The Morgan fingerprint density at radius 1 is 1.20 bits per heavy atom. The molecule has 0 aromatic heterocycles. The summed E-state index contributed by atoms with van der Waals surface area (Å²) in [6.45, 7) is 6.72. The number of hydrogen-bond donors (Lipinski definition) is 1. The predicted octanol–water partition coefficient (Wildman–Crippen LogP) is 4.07. The highest BCUT2D eigenvalue weighted by Crippen LogP contribution is 2.36. The summed E-state index contributed by atoms with van der Waals surface area (Å²) in [5.74, 6) is 0. The summed E-state index contributed by atoms with van der Waals surface area (Å²) < 4.78 is 0. The molecule has 1 heterocycles. The smallest absolute Gasteiger partial charge is 0.0531 e. The van der Waals surface area contributed by atoms with Gasteiger partial charge in [-0.3, -0.25) is 0 Å². The van der Waals surface area contributed by atoms with Crippen LogP contribution in [-0.2, 0) is 0 Å². The molecule has 1 heteroatoms. The van der Waals surface area contributed by atoms with E-state index < -0.39 is 0 Å². The topological polar surface area (TPSA) is 12.0 Å². The van der Waals surface area contributed by atoms with Crippen molar-refractivity contribution in [2.75, 3.05) is 5.32 Å². The molecule has 15 heavy (non-hydrogen) atoms. The lowest BCUT2D eigenvalue weighted by molar-refractivity contribution is 0.607. The average molecular weight is 201 g/mol. The van der Waals surface area contributed by atoms with Gasteiger partial charge in [-0.15, -0.1) is 0 Å². The van der Waals surface area contributed by atoms with Crippen LogP contribution in [-0.4, -0.2) is 5.54 Å². The first-order valence-corrected chi connectivity index (χ1v) is 5.78. The number of anilines is 1. The summed E-state index contributed by atoms with van der Waals surface area (Å²) in [5, 5.41) is 3.61. The van der Waals surface area contributed by atoms with E-state index in [9.17, 15) is 0 Å². The Labute approximate surface area is 92.2 Å². The fourth-order valence-electron chi connectivity index (χ4n) is 2.16. The van der Waals surface area contributed by atoms with Crippen LogP contribution in [0.1, 0.15) is 39.2 Å². The third-order valence-corrected chi connectivity index (χ3v) is 3.30. The van der Waals surface area contributed by atoms with E-state index >= 15 is 0 Å². The van der Waals surface area contributed by atoms with Gasteiger partial charge in [0.25, 0.3) is 0 Å². The normalized spacial score (nSPS) is 24.1. The van der Waals surface area contributed by atoms with E-state index in [1.54, 1.807) is 0 Å². The Bertz CT molecular complexity index is 392. The van der Waals surface area contributed by atoms with Crippen LogP contribution in [0.25, 0.3) is 5.57 Å². The molecule has 0 aliphatic carbocycles. The lowest BCUT2D eigenvalue weighted by atomic mass is 9.86. The van der Waals surface area contributed by atoms with Crippen molar-refractivity contribution in [3.05, 3.63) is 35.9 Å². The van der Waals surface area contributed by atoms with Gasteiger partial charge in [0.15, 0.2) is 0 Å². The second-order valence-corrected chi connectivity index (χ2v) is 4.46. The van der Waals surface area contributed by atoms with Crippen molar-refractivity contribution in [1.82, 2.24) is 0 Å². The van der Waals surface area contributed by atoms with Crippen LogP contribution in [0.3, 0.4) is 0 Å². The molecule has 80 valence electrons. The van der Waals surface area contributed by atoms with Crippen LogP contribution >= 0.6 is 0 Å².